The van der Waals surface area contributed by atoms with Gasteiger partial charge in [-0.2, -0.15) is 4.98 Å². The van der Waals surface area contributed by atoms with Gasteiger partial charge in [-0.1, -0.05) is 47.9 Å². The molecule has 2 aromatic heterocycles. The molecule has 0 spiro atoms. The van der Waals surface area contributed by atoms with Gasteiger partial charge in [0.25, 0.3) is 0 Å². The Morgan fingerprint density at radius 3 is 2.67 bits per heavy atom. The average molecular weight is 470 g/mol. The summed E-state index contributed by atoms with van der Waals surface area (Å²) in [5.41, 5.74) is 3.22. The summed E-state index contributed by atoms with van der Waals surface area (Å²) in [6.07, 6.45) is 3.03. The summed E-state index contributed by atoms with van der Waals surface area (Å²) in [6, 6.07) is 12.1. The molecule has 0 radical (unpaired) electrons. The van der Waals surface area contributed by atoms with Gasteiger partial charge in [0.05, 0.1) is 5.92 Å². The molecule has 9 heteroatoms. The van der Waals surface area contributed by atoms with E-state index in [4.69, 9.17) is 21.0 Å². The number of hydrogen-bond donors (Lipinski definition) is 0. The lowest BCUT2D eigenvalue weighted by Gasteiger charge is -2.35. The van der Waals surface area contributed by atoms with E-state index >= 15 is 0 Å². The van der Waals surface area contributed by atoms with Crippen LogP contribution in [-0.4, -0.2) is 57.9 Å². The monoisotopic (exact) mass is 469 g/mol. The van der Waals surface area contributed by atoms with E-state index in [0.29, 0.717) is 36.5 Å². The van der Waals surface area contributed by atoms with E-state index in [1.165, 1.54) is 16.0 Å². The normalized spacial score (nSPS) is 18.8. The summed E-state index contributed by atoms with van der Waals surface area (Å²) in [5.74, 6) is 1.03. The molecule has 1 aliphatic rings. The lowest BCUT2D eigenvalue weighted by Crippen LogP contribution is -2.42. The van der Waals surface area contributed by atoms with Crippen molar-refractivity contribution in [2.24, 2.45) is 0 Å². The van der Waals surface area contributed by atoms with E-state index in [9.17, 15) is 4.79 Å². The second-order valence-corrected chi connectivity index (χ2v) is 8.65. The van der Waals surface area contributed by atoms with E-state index < -0.39 is 0 Å². The second-order valence-electron chi connectivity index (χ2n) is 8.27. The third-order valence-electron chi connectivity index (χ3n) is 6.05. The lowest BCUT2D eigenvalue weighted by molar-refractivity contribution is -0.131. The molecule has 0 saturated carbocycles. The summed E-state index contributed by atoms with van der Waals surface area (Å²) < 4.78 is 5.64. The fraction of sp³-hybridized carbons (Fsp3) is 0.417. The van der Waals surface area contributed by atoms with Crippen LogP contribution in [0.3, 0.4) is 0 Å². The van der Waals surface area contributed by atoms with E-state index in [0.717, 1.165) is 18.4 Å². The molecular formula is C24H28ClN5O3. The molecule has 1 fully saturated rings. The molecule has 8 nitrogen and oxygen atoms in total. The number of rotatable bonds is 6. The van der Waals surface area contributed by atoms with Crippen LogP contribution < -0.4 is 0 Å². The lowest BCUT2D eigenvalue weighted by atomic mass is 9.85. The maximum atomic E-state index is 12.4. The van der Waals surface area contributed by atoms with Gasteiger partial charge >= 0.3 is 6.09 Å². The third-order valence-corrected chi connectivity index (χ3v) is 6.25. The first-order chi connectivity index (χ1) is 16.0. The Bertz CT molecular complexity index is 1090. The maximum Gasteiger partial charge on any atom is 0.428 e. The highest BCUT2D eigenvalue weighted by atomic mass is 35.5. The molecule has 0 N–H and O–H groups in total. The SMILES string of the molecule is CCc1ccc(C2CC(c3nc(-c4ccnc(Cl)c4)no3)CN(OC(=O)N(C)CC)C2)cc1. The summed E-state index contributed by atoms with van der Waals surface area (Å²) >= 11 is 6.01. The van der Waals surface area contributed by atoms with Crippen LogP contribution in [0, 0.1) is 0 Å². The van der Waals surface area contributed by atoms with E-state index in [-0.39, 0.29) is 17.9 Å². The van der Waals surface area contributed by atoms with Crippen molar-refractivity contribution >= 4 is 17.7 Å². The van der Waals surface area contributed by atoms with Crippen molar-refractivity contribution in [1.29, 1.82) is 0 Å². The van der Waals surface area contributed by atoms with Crippen molar-refractivity contribution in [3.8, 4) is 11.4 Å². The van der Waals surface area contributed by atoms with Gasteiger partial charge < -0.3 is 14.3 Å². The number of amides is 1. The standard InChI is InChI=1S/C24H28ClN5O3/c1-4-16-6-8-17(9-7-16)19-12-20(15-30(14-19)33-24(31)29(3)5-2)23-27-22(28-32-23)18-10-11-26-21(25)13-18/h6-11,13,19-20H,4-5,12,14-15H2,1-3H3. The quantitative estimate of drug-likeness (QED) is 0.473. The van der Waals surface area contributed by atoms with Crippen molar-refractivity contribution in [1.82, 2.24) is 25.1 Å². The highest BCUT2D eigenvalue weighted by Crippen LogP contribution is 2.36. The van der Waals surface area contributed by atoms with Crippen LogP contribution in [0.4, 0.5) is 4.79 Å². The third kappa shape index (κ3) is 5.51. The largest absolute Gasteiger partial charge is 0.428 e. The highest BCUT2D eigenvalue weighted by Gasteiger charge is 2.35. The topological polar surface area (TPSA) is 84.6 Å². The van der Waals surface area contributed by atoms with E-state index in [1.807, 2.05) is 6.92 Å². The first-order valence-corrected chi connectivity index (χ1v) is 11.6. The number of benzene rings is 1. The minimum absolute atomic E-state index is 0.0899. The van der Waals surface area contributed by atoms with Crippen LogP contribution in [0.1, 0.15) is 49.1 Å². The molecule has 2 atom stereocenters. The summed E-state index contributed by atoms with van der Waals surface area (Å²) in [7, 11) is 1.72. The predicted octanol–water partition coefficient (Wildman–Crippen LogP) is 4.92. The summed E-state index contributed by atoms with van der Waals surface area (Å²) in [6.45, 7) is 5.70. The van der Waals surface area contributed by atoms with Gasteiger partial charge in [-0.05, 0) is 43.0 Å². The molecule has 1 amide bonds. The number of aromatic nitrogens is 3. The van der Waals surface area contributed by atoms with Gasteiger partial charge in [0.2, 0.25) is 11.7 Å². The maximum absolute atomic E-state index is 12.4. The molecule has 174 valence electrons. The Morgan fingerprint density at radius 1 is 1.21 bits per heavy atom. The molecule has 1 aliphatic heterocycles. The van der Waals surface area contributed by atoms with Crippen molar-refractivity contribution < 1.29 is 14.2 Å². The van der Waals surface area contributed by atoms with Crippen molar-refractivity contribution in [2.75, 3.05) is 26.7 Å². The second kappa shape index (κ2) is 10.3. The number of carbonyl (C=O) groups is 1. The highest BCUT2D eigenvalue weighted by molar-refractivity contribution is 6.29. The number of halogens is 1. The number of aryl methyl sites for hydroxylation is 1. The molecule has 33 heavy (non-hydrogen) atoms. The van der Waals surface area contributed by atoms with Gasteiger partial charge in [0, 0.05) is 44.4 Å². The fourth-order valence-electron chi connectivity index (χ4n) is 3.95. The van der Waals surface area contributed by atoms with Gasteiger partial charge in [0.15, 0.2) is 0 Å². The van der Waals surface area contributed by atoms with Gasteiger partial charge in [-0.25, -0.2) is 9.78 Å². The Kier molecular flexibility index (Phi) is 7.25. The Labute approximate surface area is 198 Å². The van der Waals surface area contributed by atoms with Crippen LogP contribution in [-0.2, 0) is 11.3 Å². The minimum Gasteiger partial charge on any atom is -0.351 e. The predicted molar refractivity (Wildman–Crippen MR) is 125 cm³/mol. The minimum atomic E-state index is -0.379. The van der Waals surface area contributed by atoms with Gasteiger partial charge in [-0.15, -0.1) is 5.06 Å². The van der Waals surface area contributed by atoms with E-state index in [1.54, 1.807) is 30.4 Å². The summed E-state index contributed by atoms with van der Waals surface area (Å²) in [5, 5.41) is 6.23. The first-order valence-electron chi connectivity index (χ1n) is 11.2. The molecular weight excluding hydrogens is 442 g/mol. The van der Waals surface area contributed by atoms with Crippen LogP contribution >= 0.6 is 11.6 Å². The summed E-state index contributed by atoms with van der Waals surface area (Å²) in [4.78, 5) is 28.3. The zero-order valence-electron chi connectivity index (χ0n) is 19.1. The Balaban J connectivity index is 1.58. The zero-order valence-corrected chi connectivity index (χ0v) is 19.8. The van der Waals surface area contributed by atoms with Crippen molar-refractivity contribution in [3.05, 3.63) is 64.8 Å². The molecule has 1 aromatic carbocycles. The smallest absolute Gasteiger partial charge is 0.351 e. The van der Waals surface area contributed by atoms with Crippen molar-refractivity contribution in [3.63, 3.8) is 0 Å². The van der Waals surface area contributed by atoms with Crippen molar-refractivity contribution in [2.45, 2.75) is 38.5 Å². The zero-order chi connectivity index (χ0) is 23.4. The Hall–Kier alpha value is -2.97. The molecule has 0 aliphatic carbocycles. The van der Waals surface area contributed by atoms with Crippen LogP contribution in [0.15, 0.2) is 47.1 Å². The van der Waals surface area contributed by atoms with Gasteiger partial charge in [-0.3, -0.25) is 0 Å². The van der Waals surface area contributed by atoms with Crippen LogP contribution in [0.25, 0.3) is 11.4 Å². The number of pyridine rings is 1. The first kappa shape index (κ1) is 23.2. The molecule has 3 aromatic rings. The molecule has 4 rings (SSSR count). The molecule has 0 bridgehead atoms. The molecule has 2 unspecified atom stereocenters. The number of piperidine rings is 1. The number of carbonyl (C=O) groups excluding carboxylic acids is 1. The molecule has 3 heterocycles. The van der Waals surface area contributed by atoms with Crippen LogP contribution in [0.2, 0.25) is 5.15 Å². The number of hydroxylamine groups is 2. The fourth-order valence-corrected chi connectivity index (χ4v) is 4.12. The van der Waals surface area contributed by atoms with Gasteiger partial charge in [0.1, 0.15) is 5.15 Å². The average Bonchev–Trinajstić information content (AvgIpc) is 3.34. The Morgan fingerprint density at radius 2 is 1.97 bits per heavy atom. The van der Waals surface area contributed by atoms with Crippen LogP contribution in [0.5, 0.6) is 0 Å². The number of hydrogen-bond acceptors (Lipinski definition) is 7. The van der Waals surface area contributed by atoms with E-state index in [2.05, 4.69) is 46.3 Å². The molecule has 1 saturated heterocycles. The number of nitrogens with zero attached hydrogens (tertiary/aromatic N) is 5.